The van der Waals surface area contributed by atoms with Gasteiger partial charge < -0.3 is 14.6 Å². The SMILES string of the molecule is CCOc1nc2ccc(F)cc2n1-c1cccc2c1CCC2Cc1ccc2c(c1)OC[C@H]2CC(=O)O. The van der Waals surface area contributed by atoms with E-state index in [4.69, 9.17) is 14.6 Å². The van der Waals surface area contributed by atoms with E-state index in [2.05, 4.69) is 35.3 Å². The Morgan fingerprint density at radius 1 is 1.17 bits per heavy atom. The zero-order valence-corrected chi connectivity index (χ0v) is 20.0. The van der Waals surface area contributed by atoms with Gasteiger partial charge in [-0.1, -0.05) is 24.3 Å². The van der Waals surface area contributed by atoms with Crippen molar-refractivity contribution >= 4 is 17.0 Å². The Hall–Kier alpha value is -3.87. The summed E-state index contributed by atoms with van der Waals surface area (Å²) in [5.41, 5.74) is 7.08. The van der Waals surface area contributed by atoms with E-state index in [1.54, 1.807) is 6.07 Å². The van der Waals surface area contributed by atoms with Crippen LogP contribution in [0.2, 0.25) is 0 Å². The van der Waals surface area contributed by atoms with Crippen molar-refractivity contribution in [3.63, 3.8) is 0 Å². The fourth-order valence-electron chi connectivity index (χ4n) is 5.74. The predicted octanol–water partition coefficient (Wildman–Crippen LogP) is 5.79. The van der Waals surface area contributed by atoms with Crippen molar-refractivity contribution in [2.24, 2.45) is 0 Å². The summed E-state index contributed by atoms with van der Waals surface area (Å²) < 4.78 is 27.8. The fraction of sp³-hybridized carbons (Fsp3) is 0.310. The Kier molecular flexibility index (Phi) is 5.63. The highest BCUT2D eigenvalue weighted by Crippen LogP contribution is 2.42. The molecule has 6 nitrogen and oxygen atoms in total. The molecule has 0 amide bonds. The lowest BCUT2D eigenvalue weighted by atomic mass is 9.91. The van der Waals surface area contributed by atoms with Crippen LogP contribution in [0.15, 0.2) is 54.6 Å². The van der Waals surface area contributed by atoms with Crippen molar-refractivity contribution in [2.75, 3.05) is 13.2 Å². The van der Waals surface area contributed by atoms with Gasteiger partial charge in [-0.15, -0.1) is 0 Å². The number of carboxylic acids is 1. The predicted molar refractivity (Wildman–Crippen MR) is 134 cm³/mol. The van der Waals surface area contributed by atoms with E-state index in [1.165, 1.54) is 28.8 Å². The number of hydrogen-bond donors (Lipinski definition) is 1. The largest absolute Gasteiger partial charge is 0.493 e. The van der Waals surface area contributed by atoms with Crippen LogP contribution in [0, 0.1) is 5.82 Å². The van der Waals surface area contributed by atoms with Crippen molar-refractivity contribution in [3.05, 3.63) is 82.7 Å². The van der Waals surface area contributed by atoms with Gasteiger partial charge in [0.15, 0.2) is 0 Å². The number of halogens is 1. The molecule has 0 spiro atoms. The summed E-state index contributed by atoms with van der Waals surface area (Å²) in [4.78, 5) is 15.8. The molecule has 2 aliphatic rings. The van der Waals surface area contributed by atoms with E-state index >= 15 is 0 Å². The van der Waals surface area contributed by atoms with Crippen LogP contribution in [0.4, 0.5) is 4.39 Å². The van der Waals surface area contributed by atoms with Crippen LogP contribution in [-0.2, 0) is 17.6 Å². The molecule has 0 fully saturated rings. The smallest absolute Gasteiger partial charge is 0.304 e. The molecule has 2 heterocycles. The van der Waals surface area contributed by atoms with Crippen LogP contribution in [0.3, 0.4) is 0 Å². The monoisotopic (exact) mass is 486 g/mol. The quantitative estimate of drug-likeness (QED) is 0.358. The first kappa shape index (κ1) is 22.6. The number of carboxylic acid groups (broad SMARTS) is 1. The summed E-state index contributed by atoms with van der Waals surface area (Å²) in [6, 6.07) is 17.6. The van der Waals surface area contributed by atoms with Crippen LogP contribution in [0.5, 0.6) is 11.8 Å². The van der Waals surface area contributed by atoms with Gasteiger partial charge in [-0.3, -0.25) is 9.36 Å². The Labute approximate surface area is 208 Å². The molecule has 1 aromatic heterocycles. The molecule has 1 aliphatic carbocycles. The van der Waals surface area contributed by atoms with Gasteiger partial charge in [-0.2, -0.15) is 4.98 Å². The van der Waals surface area contributed by atoms with Gasteiger partial charge in [0.2, 0.25) is 0 Å². The first-order valence-electron chi connectivity index (χ1n) is 12.4. The van der Waals surface area contributed by atoms with E-state index in [0.717, 1.165) is 36.3 Å². The Morgan fingerprint density at radius 2 is 2.06 bits per heavy atom. The summed E-state index contributed by atoms with van der Waals surface area (Å²) in [6.07, 6.45) is 2.88. The fourth-order valence-corrected chi connectivity index (χ4v) is 5.74. The van der Waals surface area contributed by atoms with Crippen LogP contribution < -0.4 is 9.47 Å². The number of hydrogen-bond acceptors (Lipinski definition) is 4. The normalized spacial score (nSPS) is 18.2. The number of rotatable bonds is 7. The van der Waals surface area contributed by atoms with E-state index < -0.39 is 5.97 Å². The van der Waals surface area contributed by atoms with Gasteiger partial charge in [0.25, 0.3) is 0 Å². The molecule has 0 saturated heterocycles. The van der Waals surface area contributed by atoms with Crippen molar-refractivity contribution in [1.29, 1.82) is 0 Å². The van der Waals surface area contributed by atoms with Gasteiger partial charge in [0, 0.05) is 17.5 Å². The van der Waals surface area contributed by atoms with Crippen LogP contribution in [0.1, 0.15) is 53.9 Å². The molecule has 0 saturated carbocycles. The standard InChI is InChI=1S/C29H27FN2O4/c1-2-35-29-31-24-11-8-20(30)15-26(24)32(29)25-5-3-4-21-18(7-10-23(21)25)12-17-6-9-22-19(14-28(33)34)16-36-27(22)13-17/h3-6,8-9,11,13,15,18-19H,2,7,10,12,14,16H2,1H3,(H,33,34)/t18?,19-/m1/s1. The maximum Gasteiger partial charge on any atom is 0.304 e. The summed E-state index contributed by atoms with van der Waals surface area (Å²) in [5, 5.41) is 9.16. The summed E-state index contributed by atoms with van der Waals surface area (Å²) in [6.45, 7) is 2.80. The molecular formula is C29H27FN2O4. The van der Waals surface area contributed by atoms with Crippen molar-refractivity contribution in [3.8, 4) is 17.4 Å². The molecule has 0 radical (unpaired) electrons. The number of aliphatic carboxylic acids is 1. The highest BCUT2D eigenvalue weighted by atomic mass is 19.1. The summed E-state index contributed by atoms with van der Waals surface area (Å²) >= 11 is 0. The van der Waals surface area contributed by atoms with Crippen LogP contribution in [0.25, 0.3) is 16.7 Å². The second kappa shape index (κ2) is 8.97. The second-order valence-electron chi connectivity index (χ2n) is 9.56. The summed E-state index contributed by atoms with van der Waals surface area (Å²) in [5.74, 6) is -0.0488. The molecule has 6 rings (SSSR count). The molecule has 3 aromatic carbocycles. The molecule has 7 heteroatoms. The number of ether oxygens (including phenoxy) is 2. The number of nitrogens with zero attached hydrogens (tertiary/aromatic N) is 2. The van der Waals surface area contributed by atoms with Gasteiger partial charge in [0.05, 0.1) is 36.4 Å². The first-order chi connectivity index (χ1) is 17.5. The molecule has 1 aliphatic heterocycles. The van der Waals surface area contributed by atoms with Gasteiger partial charge in [-0.05, 0) is 73.1 Å². The number of fused-ring (bicyclic) bond motifs is 3. The van der Waals surface area contributed by atoms with E-state index in [-0.39, 0.29) is 18.2 Å². The zero-order chi connectivity index (χ0) is 24.8. The number of aromatic nitrogens is 2. The maximum absolute atomic E-state index is 14.2. The highest BCUT2D eigenvalue weighted by molar-refractivity contribution is 5.80. The Balaban J connectivity index is 1.33. The third kappa shape index (κ3) is 3.88. The molecule has 0 bridgehead atoms. The summed E-state index contributed by atoms with van der Waals surface area (Å²) in [7, 11) is 0. The number of carbonyl (C=O) groups is 1. The molecule has 2 atom stereocenters. The molecule has 1 unspecified atom stereocenters. The third-order valence-electron chi connectivity index (χ3n) is 7.33. The van der Waals surface area contributed by atoms with Crippen LogP contribution >= 0.6 is 0 Å². The third-order valence-corrected chi connectivity index (χ3v) is 7.33. The molecule has 184 valence electrons. The number of benzene rings is 3. The molecular weight excluding hydrogens is 459 g/mol. The average Bonchev–Trinajstić information content (AvgIpc) is 3.54. The minimum atomic E-state index is -0.806. The van der Waals surface area contributed by atoms with Crippen LogP contribution in [-0.4, -0.2) is 33.8 Å². The van der Waals surface area contributed by atoms with Gasteiger partial charge in [-0.25, -0.2) is 4.39 Å². The maximum atomic E-state index is 14.2. The highest BCUT2D eigenvalue weighted by Gasteiger charge is 2.29. The number of imidazole rings is 1. The van der Waals surface area contributed by atoms with E-state index in [9.17, 15) is 9.18 Å². The lowest BCUT2D eigenvalue weighted by molar-refractivity contribution is -0.137. The Morgan fingerprint density at radius 3 is 2.89 bits per heavy atom. The Bertz CT molecular complexity index is 1480. The van der Waals surface area contributed by atoms with Gasteiger partial charge >= 0.3 is 12.0 Å². The second-order valence-corrected chi connectivity index (χ2v) is 9.56. The average molecular weight is 487 g/mol. The lowest BCUT2D eigenvalue weighted by Crippen LogP contribution is -2.07. The molecule has 36 heavy (non-hydrogen) atoms. The van der Waals surface area contributed by atoms with Crippen molar-refractivity contribution in [1.82, 2.24) is 9.55 Å². The zero-order valence-electron chi connectivity index (χ0n) is 20.0. The lowest BCUT2D eigenvalue weighted by Gasteiger charge is -2.16. The van der Waals surface area contributed by atoms with E-state index in [0.29, 0.717) is 36.2 Å². The minimum Gasteiger partial charge on any atom is -0.493 e. The minimum absolute atomic E-state index is 0.0850. The van der Waals surface area contributed by atoms with Gasteiger partial charge in [0.1, 0.15) is 11.6 Å². The molecule has 1 N–H and O–H groups in total. The molecule has 4 aromatic rings. The van der Waals surface area contributed by atoms with E-state index in [1.807, 2.05) is 17.6 Å². The first-order valence-corrected chi connectivity index (χ1v) is 12.4. The van der Waals surface area contributed by atoms with Crippen molar-refractivity contribution in [2.45, 2.75) is 44.4 Å². The van der Waals surface area contributed by atoms with Crippen molar-refractivity contribution < 1.29 is 23.8 Å². The topological polar surface area (TPSA) is 73.6 Å².